The first-order valence-corrected chi connectivity index (χ1v) is 7.63. The molecule has 2 rings (SSSR count). The molecule has 0 aromatic heterocycles. The second-order valence-corrected chi connectivity index (χ2v) is 6.64. The summed E-state index contributed by atoms with van der Waals surface area (Å²) >= 11 is 0. The van der Waals surface area contributed by atoms with Crippen LogP contribution in [0.3, 0.4) is 0 Å². The minimum absolute atomic E-state index is 0.428. The van der Waals surface area contributed by atoms with Crippen molar-refractivity contribution in [2.45, 2.75) is 77.4 Å². The molecule has 3 unspecified atom stereocenters. The lowest BCUT2D eigenvalue weighted by Gasteiger charge is -2.42. The van der Waals surface area contributed by atoms with Gasteiger partial charge in [-0.2, -0.15) is 0 Å². The average Bonchev–Trinajstić information content (AvgIpc) is 3.10. The lowest BCUT2D eigenvalue weighted by atomic mass is 9.80. The van der Waals surface area contributed by atoms with Crippen LogP contribution in [0.15, 0.2) is 0 Å². The van der Waals surface area contributed by atoms with E-state index in [1.165, 1.54) is 45.1 Å². The maximum atomic E-state index is 6.40. The molecule has 0 bridgehead atoms. The molecule has 0 amide bonds. The fraction of sp³-hybridized carbons (Fsp3) is 1.00. The van der Waals surface area contributed by atoms with Gasteiger partial charge < -0.3 is 5.73 Å². The molecule has 0 aromatic rings. The van der Waals surface area contributed by atoms with Crippen molar-refractivity contribution in [1.29, 1.82) is 0 Å². The van der Waals surface area contributed by atoms with Gasteiger partial charge in [0.15, 0.2) is 0 Å². The van der Waals surface area contributed by atoms with Crippen molar-refractivity contribution in [3.8, 4) is 0 Å². The Morgan fingerprint density at radius 1 is 1.18 bits per heavy atom. The lowest BCUT2D eigenvalue weighted by molar-refractivity contribution is 0.0913. The van der Waals surface area contributed by atoms with Crippen LogP contribution < -0.4 is 5.73 Å². The number of hydrogen-bond donors (Lipinski definition) is 1. The SMILES string of the molecule is CCC1CCC(N)C(N(CC(C)C)C2CC2)C1. The van der Waals surface area contributed by atoms with Gasteiger partial charge in [0.25, 0.3) is 0 Å². The Hall–Kier alpha value is -0.0800. The van der Waals surface area contributed by atoms with E-state index in [0.717, 1.165) is 17.9 Å². The highest BCUT2D eigenvalue weighted by molar-refractivity contribution is 4.96. The van der Waals surface area contributed by atoms with E-state index in [-0.39, 0.29) is 0 Å². The zero-order valence-corrected chi connectivity index (χ0v) is 11.9. The van der Waals surface area contributed by atoms with Crippen LogP contribution in [0, 0.1) is 11.8 Å². The molecule has 100 valence electrons. The van der Waals surface area contributed by atoms with E-state index < -0.39 is 0 Å². The molecule has 3 atom stereocenters. The Balaban J connectivity index is 1.99. The Bertz CT molecular complexity index is 235. The third-order valence-electron chi connectivity index (χ3n) is 4.57. The van der Waals surface area contributed by atoms with Crippen molar-refractivity contribution in [3.05, 3.63) is 0 Å². The minimum atomic E-state index is 0.428. The van der Waals surface area contributed by atoms with Crippen molar-refractivity contribution in [1.82, 2.24) is 4.90 Å². The van der Waals surface area contributed by atoms with Crippen molar-refractivity contribution >= 4 is 0 Å². The Labute approximate surface area is 107 Å². The number of hydrogen-bond acceptors (Lipinski definition) is 2. The first-order valence-electron chi connectivity index (χ1n) is 7.63. The molecule has 2 aliphatic rings. The molecule has 2 heteroatoms. The molecule has 2 nitrogen and oxygen atoms in total. The van der Waals surface area contributed by atoms with Crippen LogP contribution in [0.25, 0.3) is 0 Å². The average molecular weight is 238 g/mol. The highest BCUT2D eigenvalue weighted by atomic mass is 15.2. The number of nitrogens with zero attached hydrogens (tertiary/aromatic N) is 1. The molecular weight excluding hydrogens is 208 g/mol. The third kappa shape index (κ3) is 3.45. The van der Waals surface area contributed by atoms with E-state index >= 15 is 0 Å². The van der Waals surface area contributed by atoms with Gasteiger partial charge in [0.1, 0.15) is 0 Å². The minimum Gasteiger partial charge on any atom is -0.326 e. The van der Waals surface area contributed by atoms with Crippen molar-refractivity contribution < 1.29 is 0 Å². The molecule has 17 heavy (non-hydrogen) atoms. The highest BCUT2D eigenvalue weighted by Gasteiger charge is 2.39. The fourth-order valence-electron chi connectivity index (χ4n) is 3.39. The molecule has 0 heterocycles. The van der Waals surface area contributed by atoms with Gasteiger partial charge in [-0.3, -0.25) is 4.90 Å². The van der Waals surface area contributed by atoms with Gasteiger partial charge in [-0.05, 0) is 43.9 Å². The second-order valence-electron chi connectivity index (χ2n) is 6.64. The van der Waals surface area contributed by atoms with Crippen LogP contribution in [0.2, 0.25) is 0 Å². The molecule has 2 aliphatic carbocycles. The van der Waals surface area contributed by atoms with Crippen LogP contribution in [0.1, 0.15) is 59.3 Å². The molecule has 0 radical (unpaired) electrons. The van der Waals surface area contributed by atoms with Gasteiger partial charge in [-0.1, -0.05) is 27.2 Å². The number of nitrogens with two attached hydrogens (primary N) is 1. The molecule has 0 aromatic carbocycles. The second kappa shape index (κ2) is 5.71. The summed E-state index contributed by atoms with van der Waals surface area (Å²) < 4.78 is 0. The Morgan fingerprint density at radius 2 is 1.88 bits per heavy atom. The largest absolute Gasteiger partial charge is 0.326 e. The summed E-state index contributed by atoms with van der Waals surface area (Å²) in [6.07, 6.45) is 8.10. The highest BCUT2D eigenvalue weighted by Crippen LogP contribution is 2.36. The third-order valence-corrected chi connectivity index (χ3v) is 4.57. The summed E-state index contributed by atoms with van der Waals surface area (Å²) in [4.78, 5) is 2.76. The van der Waals surface area contributed by atoms with Gasteiger partial charge in [0.2, 0.25) is 0 Å². The Morgan fingerprint density at radius 3 is 2.41 bits per heavy atom. The fourth-order valence-corrected chi connectivity index (χ4v) is 3.39. The summed E-state index contributed by atoms with van der Waals surface area (Å²) in [7, 11) is 0. The standard InChI is InChI=1S/C15H30N2/c1-4-12-5-8-14(16)15(9-12)17(10-11(2)3)13-6-7-13/h11-15H,4-10,16H2,1-3H3. The van der Waals surface area contributed by atoms with Crippen molar-refractivity contribution in [3.63, 3.8) is 0 Å². The van der Waals surface area contributed by atoms with Crippen LogP contribution in [-0.4, -0.2) is 29.6 Å². The number of rotatable bonds is 5. The molecule has 2 saturated carbocycles. The first kappa shape index (κ1) is 13.4. The topological polar surface area (TPSA) is 29.3 Å². The molecule has 2 fully saturated rings. The van der Waals surface area contributed by atoms with Crippen LogP contribution >= 0.6 is 0 Å². The van der Waals surface area contributed by atoms with Gasteiger partial charge >= 0.3 is 0 Å². The maximum Gasteiger partial charge on any atom is 0.0252 e. The summed E-state index contributed by atoms with van der Waals surface area (Å²) in [5.74, 6) is 1.69. The summed E-state index contributed by atoms with van der Waals surface area (Å²) in [6, 6.07) is 1.96. The zero-order valence-electron chi connectivity index (χ0n) is 11.9. The summed E-state index contributed by atoms with van der Waals surface area (Å²) in [5, 5.41) is 0. The summed E-state index contributed by atoms with van der Waals surface area (Å²) in [5.41, 5.74) is 6.40. The van der Waals surface area contributed by atoms with Gasteiger partial charge in [-0.25, -0.2) is 0 Å². The monoisotopic (exact) mass is 238 g/mol. The van der Waals surface area contributed by atoms with Crippen molar-refractivity contribution in [2.75, 3.05) is 6.54 Å². The van der Waals surface area contributed by atoms with Gasteiger partial charge in [-0.15, -0.1) is 0 Å². The first-order chi connectivity index (χ1) is 8.11. The van der Waals surface area contributed by atoms with E-state index in [1.807, 2.05) is 0 Å². The van der Waals surface area contributed by atoms with E-state index in [2.05, 4.69) is 25.7 Å². The van der Waals surface area contributed by atoms with E-state index in [1.54, 1.807) is 0 Å². The predicted molar refractivity (Wildman–Crippen MR) is 74.0 cm³/mol. The zero-order chi connectivity index (χ0) is 12.4. The molecule has 2 N–H and O–H groups in total. The quantitative estimate of drug-likeness (QED) is 0.798. The smallest absolute Gasteiger partial charge is 0.0252 e. The lowest BCUT2D eigenvalue weighted by Crippen LogP contribution is -2.53. The van der Waals surface area contributed by atoms with Gasteiger partial charge in [0.05, 0.1) is 0 Å². The van der Waals surface area contributed by atoms with E-state index in [4.69, 9.17) is 5.73 Å². The van der Waals surface area contributed by atoms with Crippen molar-refractivity contribution in [2.24, 2.45) is 17.6 Å². The molecule has 0 spiro atoms. The molecule has 0 saturated heterocycles. The van der Waals surface area contributed by atoms with Crippen LogP contribution in [0.5, 0.6) is 0 Å². The molecule has 0 aliphatic heterocycles. The van der Waals surface area contributed by atoms with Crippen LogP contribution in [-0.2, 0) is 0 Å². The van der Waals surface area contributed by atoms with Gasteiger partial charge in [0, 0.05) is 24.7 Å². The van der Waals surface area contributed by atoms with E-state index in [9.17, 15) is 0 Å². The van der Waals surface area contributed by atoms with Crippen LogP contribution in [0.4, 0.5) is 0 Å². The Kier molecular flexibility index (Phi) is 4.48. The normalized spacial score (nSPS) is 34.6. The predicted octanol–water partition coefficient (Wildman–Crippen LogP) is 3.01. The maximum absolute atomic E-state index is 6.40. The van der Waals surface area contributed by atoms with E-state index in [0.29, 0.717) is 12.1 Å². The summed E-state index contributed by atoms with van der Waals surface area (Å²) in [6.45, 7) is 8.25. The molecular formula is C15H30N2.